The van der Waals surface area contributed by atoms with Gasteiger partial charge >= 0.3 is 5.97 Å². The predicted octanol–water partition coefficient (Wildman–Crippen LogP) is 2.55. The number of aliphatic carboxylic acids is 1. The maximum Gasteiger partial charge on any atom is 0.312 e. The molecule has 3 N–H and O–H groups in total. The third kappa shape index (κ3) is 3.61. The number of carbonyl (C=O) groups is 2. The molecule has 0 unspecified atom stereocenters. The van der Waals surface area contributed by atoms with Crippen molar-refractivity contribution < 1.29 is 19.6 Å². The van der Waals surface area contributed by atoms with Crippen molar-refractivity contribution in [1.82, 2.24) is 9.97 Å². The normalized spacial score (nSPS) is 10.6. The predicted molar refractivity (Wildman–Crippen MR) is 89.1 cm³/mol. The van der Waals surface area contributed by atoms with Gasteiger partial charge < -0.3 is 15.4 Å². The number of carboxylic acids is 1. The number of aromatic amines is 1. The van der Waals surface area contributed by atoms with E-state index in [1.807, 2.05) is 0 Å². The van der Waals surface area contributed by atoms with Crippen LogP contribution in [0.2, 0.25) is 0 Å². The van der Waals surface area contributed by atoms with E-state index < -0.39 is 23.2 Å². The van der Waals surface area contributed by atoms with E-state index in [-0.39, 0.29) is 5.69 Å². The van der Waals surface area contributed by atoms with Crippen molar-refractivity contribution in [2.75, 3.05) is 5.32 Å². The Kier molecular flexibility index (Phi) is 4.12. The number of fused-ring (bicyclic) bond motifs is 1. The number of imidazole rings is 1. The Hall–Kier alpha value is -3.75. The lowest BCUT2D eigenvalue weighted by Gasteiger charge is -2.04. The summed E-state index contributed by atoms with van der Waals surface area (Å²) in [6, 6.07) is 11.0. The number of carbonyl (C=O) groups excluding carboxylic acids is 1. The summed E-state index contributed by atoms with van der Waals surface area (Å²) in [4.78, 5) is 39.6. The maximum absolute atomic E-state index is 11.4. The van der Waals surface area contributed by atoms with Gasteiger partial charge in [0.05, 0.1) is 16.0 Å². The highest BCUT2D eigenvalue weighted by Gasteiger charge is 2.11. The highest BCUT2D eigenvalue weighted by molar-refractivity contribution is 6.01. The number of carboxylic acid groups (broad SMARTS) is 1. The van der Waals surface area contributed by atoms with Crippen LogP contribution in [0.4, 0.5) is 11.4 Å². The number of rotatable bonds is 5. The largest absolute Gasteiger partial charge is 0.481 e. The van der Waals surface area contributed by atoms with Gasteiger partial charge in [-0.15, -0.1) is 0 Å². The molecule has 25 heavy (non-hydrogen) atoms. The van der Waals surface area contributed by atoms with Gasteiger partial charge in [-0.3, -0.25) is 19.7 Å². The van der Waals surface area contributed by atoms with Crippen LogP contribution < -0.4 is 5.32 Å². The quantitative estimate of drug-likeness (QED) is 0.370. The van der Waals surface area contributed by atoms with Crippen molar-refractivity contribution in [3.63, 3.8) is 0 Å². The molecule has 2 aromatic carbocycles. The van der Waals surface area contributed by atoms with E-state index in [1.165, 1.54) is 12.1 Å². The first-order valence-electron chi connectivity index (χ1n) is 7.18. The first kappa shape index (κ1) is 16.1. The van der Waals surface area contributed by atoms with Gasteiger partial charge in [-0.1, -0.05) is 0 Å². The Bertz CT molecular complexity index is 978. The summed E-state index contributed by atoms with van der Waals surface area (Å²) in [6.45, 7) is 0. The Morgan fingerprint density at radius 2 is 1.92 bits per heavy atom. The van der Waals surface area contributed by atoms with Crippen molar-refractivity contribution in [2.24, 2.45) is 0 Å². The van der Waals surface area contributed by atoms with E-state index in [9.17, 15) is 19.7 Å². The summed E-state index contributed by atoms with van der Waals surface area (Å²) >= 11 is 0. The highest BCUT2D eigenvalue weighted by atomic mass is 16.6. The van der Waals surface area contributed by atoms with Gasteiger partial charge in [0.25, 0.3) is 5.69 Å². The number of amides is 1. The van der Waals surface area contributed by atoms with Crippen LogP contribution in [0.25, 0.3) is 22.4 Å². The topological polar surface area (TPSA) is 138 Å². The molecule has 0 atom stereocenters. The van der Waals surface area contributed by atoms with Crippen LogP contribution in [-0.2, 0) is 9.59 Å². The molecule has 0 spiro atoms. The summed E-state index contributed by atoms with van der Waals surface area (Å²) < 4.78 is 0. The van der Waals surface area contributed by atoms with Crippen LogP contribution in [0.1, 0.15) is 6.42 Å². The fourth-order valence-electron chi connectivity index (χ4n) is 2.30. The minimum Gasteiger partial charge on any atom is -0.481 e. The number of nitrogens with one attached hydrogen (secondary N) is 2. The molecule has 126 valence electrons. The highest BCUT2D eigenvalue weighted by Crippen LogP contribution is 2.24. The number of hydrogen-bond donors (Lipinski definition) is 3. The van der Waals surface area contributed by atoms with E-state index in [2.05, 4.69) is 15.3 Å². The molecule has 1 heterocycles. The van der Waals surface area contributed by atoms with Crippen LogP contribution in [0, 0.1) is 10.1 Å². The van der Waals surface area contributed by atoms with Crippen LogP contribution in [0.3, 0.4) is 0 Å². The number of nitro benzene ring substituents is 1. The van der Waals surface area contributed by atoms with Crippen molar-refractivity contribution in [3.8, 4) is 11.4 Å². The average molecular weight is 340 g/mol. The SMILES string of the molecule is O=C(O)CC(=O)Nc1ccc(-c2nc3ccc([N+](=O)[O-])cc3[nH]2)cc1. The minimum absolute atomic E-state index is 0.0285. The molecule has 3 aromatic rings. The second-order valence-electron chi connectivity index (χ2n) is 5.24. The van der Waals surface area contributed by atoms with Crippen LogP contribution in [-0.4, -0.2) is 31.9 Å². The van der Waals surface area contributed by atoms with Gasteiger partial charge in [0.15, 0.2) is 0 Å². The number of nitro groups is 1. The molecule has 0 saturated carbocycles. The molecule has 0 fully saturated rings. The van der Waals surface area contributed by atoms with Crippen molar-refractivity contribution in [2.45, 2.75) is 6.42 Å². The molecule has 3 rings (SSSR count). The Morgan fingerprint density at radius 1 is 1.20 bits per heavy atom. The lowest BCUT2D eigenvalue weighted by Crippen LogP contribution is -2.15. The fourth-order valence-corrected chi connectivity index (χ4v) is 2.30. The molecular formula is C16H12N4O5. The number of hydrogen-bond acceptors (Lipinski definition) is 5. The number of anilines is 1. The molecule has 0 radical (unpaired) electrons. The van der Waals surface area contributed by atoms with Crippen molar-refractivity contribution in [1.29, 1.82) is 0 Å². The van der Waals surface area contributed by atoms with Gasteiger partial charge in [0.2, 0.25) is 5.91 Å². The van der Waals surface area contributed by atoms with E-state index in [0.29, 0.717) is 22.5 Å². The maximum atomic E-state index is 11.4. The lowest BCUT2D eigenvalue weighted by atomic mass is 10.2. The number of aromatic nitrogens is 2. The van der Waals surface area contributed by atoms with Crippen LogP contribution >= 0.6 is 0 Å². The van der Waals surface area contributed by atoms with Gasteiger partial charge in [0, 0.05) is 23.4 Å². The third-order valence-corrected chi connectivity index (χ3v) is 3.43. The first-order chi connectivity index (χ1) is 11.9. The summed E-state index contributed by atoms with van der Waals surface area (Å²) in [7, 11) is 0. The second kappa shape index (κ2) is 6.40. The van der Waals surface area contributed by atoms with Gasteiger partial charge in [-0.25, -0.2) is 4.98 Å². The molecule has 1 aromatic heterocycles. The molecule has 9 heteroatoms. The first-order valence-corrected chi connectivity index (χ1v) is 7.18. The molecule has 0 aliphatic rings. The molecule has 9 nitrogen and oxygen atoms in total. The minimum atomic E-state index is -1.20. The van der Waals surface area contributed by atoms with Crippen LogP contribution in [0.15, 0.2) is 42.5 Å². The Balaban J connectivity index is 1.82. The summed E-state index contributed by atoms with van der Waals surface area (Å²) in [5, 5.41) is 21.8. The summed E-state index contributed by atoms with van der Waals surface area (Å²) in [6.07, 6.45) is -0.607. The second-order valence-corrected chi connectivity index (χ2v) is 5.24. The van der Waals surface area contributed by atoms with E-state index >= 15 is 0 Å². The molecule has 1 amide bonds. The third-order valence-electron chi connectivity index (χ3n) is 3.43. The zero-order valence-corrected chi connectivity index (χ0v) is 12.7. The number of H-pyrrole nitrogens is 1. The Labute approximate surface area is 140 Å². The number of nitrogens with zero attached hydrogens (tertiary/aromatic N) is 2. The summed E-state index contributed by atoms with van der Waals surface area (Å²) in [5.41, 5.74) is 2.29. The summed E-state index contributed by atoms with van der Waals surface area (Å²) in [5.74, 6) is -1.29. The van der Waals surface area contributed by atoms with Gasteiger partial charge in [-0.2, -0.15) is 0 Å². The monoisotopic (exact) mass is 340 g/mol. The zero-order valence-electron chi connectivity index (χ0n) is 12.7. The number of benzene rings is 2. The van der Waals surface area contributed by atoms with Crippen molar-refractivity contribution in [3.05, 3.63) is 52.6 Å². The van der Waals surface area contributed by atoms with E-state index in [1.54, 1.807) is 30.3 Å². The molecule has 0 bridgehead atoms. The van der Waals surface area contributed by atoms with E-state index in [4.69, 9.17) is 5.11 Å². The zero-order chi connectivity index (χ0) is 18.0. The van der Waals surface area contributed by atoms with Gasteiger partial charge in [-0.05, 0) is 30.3 Å². The standard InChI is InChI=1S/C16H12N4O5/c21-14(8-15(22)23)17-10-3-1-9(2-4-10)16-18-12-6-5-11(20(24)25)7-13(12)19-16/h1-7H,8H2,(H,17,21)(H,18,19)(H,22,23). The average Bonchev–Trinajstić information content (AvgIpc) is 2.97. The van der Waals surface area contributed by atoms with Crippen LogP contribution in [0.5, 0.6) is 0 Å². The molecular weight excluding hydrogens is 328 g/mol. The molecule has 0 saturated heterocycles. The smallest absolute Gasteiger partial charge is 0.312 e. The van der Waals surface area contributed by atoms with Gasteiger partial charge in [0.1, 0.15) is 12.2 Å². The Morgan fingerprint density at radius 3 is 2.56 bits per heavy atom. The number of non-ortho nitro benzene ring substituents is 1. The fraction of sp³-hybridized carbons (Fsp3) is 0.0625. The molecule has 0 aliphatic carbocycles. The molecule has 0 aliphatic heterocycles. The lowest BCUT2D eigenvalue weighted by molar-refractivity contribution is -0.384. The van der Waals surface area contributed by atoms with E-state index in [0.717, 1.165) is 5.56 Å². The van der Waals surface area contributed by atoms with Crippen molar-refractivity contribution >= 4 is 34.3 Å².